The predicted octanol–water partition coefficient (Wildman–Crippen LogP) is 6.54. The molecule has 7 heteroatoms. The fourth-order valence-electron chi connectivity index (χ4n) is 3.66. The van der Waals surface area contributed by atoms with Gasteiger partial charge in [0, 0.05) is 30.1 Å². The van der Waals surface area contributed by atoms with Crippen LogP contribution in [0.5, 0.6) is 0 Å². The summed E-state index contributed by atoms with van der Waals surface area (Å²) in [6.45, 7) is 5.86. The number of nitrogens with zero attached hydrogens (tertiary/aromatic N) is 2. The predicted molar refractivity (Wildman–Crippen MR) is 136 cm³/mol. The maximum absolute atomic E-state index is 13.9. The molecule has 1 unspecified atom stereocenters. The average molecular weight is 476 g/mol. The first-order chi connectivity index (χ1) is 15.9. The van der Waals surface area contributed by atoms with Crippen LogP contribution in [-0.2, 0) is 11.3 Å². The molecule has 4 rings (SSSR count). The van der Waals surface area contributed by atoms with Crippen LogP contribution in [0.3, 0.4) is 0 Å². The number of hydrogen-bond acceptors (Lipinski definition) is 5. The van der Waals surface area contributed by atoms with Crippen LogP contribution >= 0.6 is 22.7 Å². The van der Waals surface area contributed by atoms with Crippen molar-refractivity contribution in [1.82, 2.24) is 9.88 Å². The van der Waals surface area contributed by atoms with E-state index in [0.717, 1.165) is 27.4 Å². The van der Waals surface area contributed by atoms with Crippen molar-refractivity contribution in [2.24, 2.45) is 0 Å². The van der Waals surface area contributed by atoms with E-state index in [2.05, 4.69) is 10.3 Å². The molecule has 33 heavy (non-hydrogen) atoms. The molecular formula is C26H25N3O2S2. The third-order valence-corrected chi connectivity index (χ3v) is 7.25. The van der Waals surface area contributed by atoms with Crippen LogP contribution in [0.25, 0.3) is 10.6 Å². The second-order valence-corrected chi connectivity index (χ2v) is 9.63. The molecule has 2 aromatic heterocycles. The number of nitrogens with one attached hydrogen (secondary N) is 1. The molecular weight excluding hydrogens is 450 g/mol. The normalized spacial score (nSPS) is 11.7. The van der Waals surface area contributed by atoms with Crippen molar-refractivity contribution in [2.45, 2.75) is 33.4 Å². The van der Waals surface area contributed by atoms with Gasteiger partial charge in [-0.15, -0.1) is 11.3 Å². The minimum atomic E-state index is -0.211. The third kappa shape index (κ3) is 5.38. The molecule has 0 fully saturated rings. The van der Waals surface area contributed by atoms with Gasteiger partial charge in [0.1, 0.15) is 9.88 Å². The molecule has 0 saturated carbocycles. The Morgan fingerprint density at radius 1 is 1.09 bits per heavy atom. The molecule has 1 atom stereocenters. The monoisotopic (exact) mass is 475 g/mol. The topological polar surface area (TPSA) is 62.3 Å². The summed E-state index contributed by atoms with van der Waals surface area (Å²) in [6, 6.07) is 19.4. The van der Waals surface area contributed by atoms with Crippen LogP contribution in [0, 0.1) is 6.92 Å². The number of hydrogen-bond donors (Lipinski definition) is 1. The molecule has 1 N–H and O–H groups in total. The number of thiazole rings is 1. The highest BCUT2D eigenvalue weighted by Gasteiger charge is 2.27. The lowest BCUT2D eigenvalue weighted by Gasteiger charge is -2.30. The number of aryl methyl sites for hydroxylation is 1. The zero-order valence-electron chi connectivity index (χ0n) is 18.7. The number of rotatable bonds is 7. The van der Waals surface area contributed by atoms with Crippen LogP contribution < -0.4 is 5.32 Å². The summed E-state index contributed by atoms with van der Waals surface area (Å²) >= 11 is 3.05. The van der Waals surface area contributed by atoms with Crippen molar-refractivity contribution in [3.8, 4) is 10.6 Å². The Labute approximate surface area is 201 Å². The van der Waals surface area contributed by atoms with Crippen molar-refractivity contribution >= 4 is 40.2 Å². The molecule has 4 aromatic rings. The lowest BCUT2D eigenvalue weighted by atomic mass is 10.0. The molecule has 0 aliphatic carbocycles. The fourth-order valence-corrected chi connectivity index (χ4v) is 5.39. The standard InChI is InChI=1S/C26H25N3O2S2/c1-17-24(33-25(27-17)22-12-13-32-16-22)26(31)29(15-20-8-5-4-6-9-20)18(2)21-10-7-11-23(14-21)28-19(3)30/h4-14,16,18H,15H2,1-3H3,(H,28,30). The Bertz CT molecular complexity index is 1250. The van der Waals surface area contributed by atoms with Gasteiger partial charge in [0.2, 0.25) is 5.91 Å². The Morgan fingerprint density at radius 3 is 2.58 bits per heavy atom. The van der Waals surface area contributed by atoms with Crippen LogP contribution in [0.2, 0.25) is 0 Å². The third-order valence-electron chi connectivity index (χ3n) is 5.37. The van der Waals surface area contributed by atoms with Crippen molar-refractivity contribution in [3.63, 3.8) is 0 Å². The summed E-state index contributed by atoms with van der Waals surface area (Å²) in [6.07, 6.45) is 0. The zero-order chi connectivity index (χ0) is 23.4. The smallest absolute Gasteiger partial charge is 0.266 e. The van der Waals surface area contributed by atoms with Crippen LogP contribution in [0.15, 0.2) is 71.4 Å². The van der Waals surface area contributed by atoms with Gasteiger partial charge in [-0.25, -0.2) is 4.98 Å². The first-order valence-corrected chi connectivity index (χ1v) is 12.4. The van der Waals surface area contributed by atoms with E-state index >= 15 is 0 Å². The second-order valence-electron chi connectivity index (χ2n) is 7.85. The molecule has 0 spiro atoms. The average Bonchev–Trinajstić information content (AvgIpc) is 3.47. The van der Waals surface area contributed by atoms with Crippen molar-refractivity contribution in [2.75, 3.05) is 5.32 Å². The molecule has 2 amide bonds. The quantitative estimate of drug-likeness (QED) is 0.330. The lowest BCUT2D eigenvalue weighted by Crippen LogP contribution is -2.33. The summed E-state index contributed by atoms with van der Waals surface area (Å²) in [7, 11) is 0. The highest BCUT2D eigenvalue weighted by Crippen LogP contribution is 2.33. The van der Waals surface area contributed by atoms with E-state index in [1.807, 2.05) is 90.2 Å². The van der Waals surface area contributed by atoms with E-state index in [0.29, 0.717) is 17.1 Å². The van der Waals surface area contributed by atoms with Crippen molar-refractivity contribution in [3.05, 3.63) is 93.1 Å². The van der Waals surface area contributed by atoms with Crippen LogP contribution in [0.4, 0.5) is 5.69 Å². The minimum absolute atomic E-state index is 0.0484. The van der Waals surface area contributed by atoms with Gasteiger partial charge in [-0.2, -0.15) is 11.3 Å². The number of anilines is 1. The highest BCUT2D eigenvalue weighted by atomic mass is 32.1. The molecule has 2 heterocycles. The summed E-state index contributed by atoms with van der Waals surface area (Å²) < 4.78 is 0. The number of carbonyl (C=O) groups excluding carboxylic acids is 2. The maximum Gasteiger partial charge on any atom is 0.266 e. The Balaban J connectivity index is 1.69. The summed E-state index contributed by atoms with van der Waals surface area (Å²) in [5, 5.41) is 7.75. The number of amides is 2. The van der Waals surface area contributed by atoms with Crippen molar-refractivity contribution < 1.29 is 9.59 Å². The SMILES string of the molecule is CC(=O)Nc1cccc(C(C)N(Cc2ccccc2)C(=O)c2sc(-c3ccsc3)nc2C)c1. The Morgan fingerprint density at radius 2 is 1.88 bits per heavy atom. The molecule has 2 aromatic carbocycles. The number of thiophene rings is 1. The minimum Gasteiger partial charge on any atom is -0.327 e. The summed E-state index contributed by atoms with van der Waals surface area (Å²) in [4.78, 5) is 32.6. The fraction of sp³-hybridized carbons (Fsp3) is 0.192. The Hall–Kier alpha value is -3.29. The van der Waals surface area contributed by atoms with E-state index in [1.54, 1.807) is 11.3 Å². The maximum atomic E-state index is 13.9. The van der Waals surface area contributed by atoms with E-state index < -0.39 is 0 Å². The zero-order valence-corrected chi connectivity index (χ0v) is 20.4. The van der Waals surface area contributed by atoms with Gasteiger partial charge in [-0.05, 0) is 48.6 Å². The van der Waals surface area contributed by atoms with Gasteiger partial charge in [-0.3, -0.25) is 9.59 Å². The first-order valence-electron chi connectivity index (χ1n) is 10.6. The van der Waals surface area contributed by atoms with Crippen LogP contribution in [-0.4, -0.2) is 21.7 Å². The Kier molecular flexibility index (Phi) is 7.01. The van der Waals surface area contributed by atoms with Gasteiger partial charge in [-0.1, -0.05) is 42.5 Å². The number of carbonyl (C=O) groups is 2. The molecule has 0 aliphatic heterocycles. The first kappa shape index (κ1) is 22.9. The van der Waals surface area contributed by atoms with E-state index in [-0.39, 0.29) is 17.9 Å². The van der Waals surface area contributed by atoms with E-state index in [4.69, 9.17) is 0 Å². The molecule has 168 valence electrons. The van der Waals surface area contributed by atoms with E-state index in [9.17, 15) is 9.59 Å². The summed E-state index contributed by atoms with van der Waals surface area (Å²) in [5.74, 6) is -0.175. The second kappa shape index (κ2) is 10.1. The molecule has 0 saturated heterocycles. The van der Waals surface area contributed by atoms with E-state index in [1.165, 1.54) is 18.3 Å². The van der Waals surface area contributed by atoms with Crippen LogP contribution in [0.1, 0.15) is 46.4 Å². The van der Waals surface area contributed by atoms with Gasteiger partial charge in [0.05, 0.1) is 11.7 Å². The molecule has 0 radical (unpaired) electrons. The van der Waals surface area contributed by atoms with Gasteiger partial charge in [0.15, 0.2) is 0 Å². The van der Waals surface area contributed by atoms with Gasteiger partial charge >= 0.3 is 0 Å². The summed E-state index contributed by atoms with van der Waals surface area (Å²) in [5.41, 5.74) is 4.50. The lowest BCUT2D eigenvalue weighted by molar-refractivity contribution is -0.114. The molecule has 0 bridgehead atoms. The molecule has 5 nitrogen and oxygen atoms in total. The number of aromatic nitrogens is 1. The van der Waals surface area contributed by atoms with Gasteiger partial charge in [0.25, 0.3) is 5.91 Å². The highest BCUT2D eigenvalue weighted by molar-refractivity contribution is 7.17. The molecule has 0 aliphatic rings. The largest absolute Gasteiger partial charge is 0.327 e. The van der Waals surface area contributed by atoms with Gasteiger partial charge < -0.3 is 10.2 Å². The number of benzene rings is 2. The van der Waals surface area contributed by atoms with Crippen molar-refractivity contribution in [1.29, 1.82) is 0 Å².